The quantitative estimate of drug-likeness (QED) is 0.785. The van der Waals surface area contributed by atoms with Crippen LogP contribution in [0, 0.1) is 0 Å². The van der Waals surface area contributed by atoms with Gasteiger partial charge in [0.2, 0.25) is 0 Å². The zero-order valence-corrected chi connectivity index (χ0v) is 9.06. The van der Waals surface area contributed by atoms with Crippen LogP contribution in [0.5, 0.6) is 0 Å². The van der Waals surface area contributed by atoms with Crippen molar-refractivity contribution in [3.05, 3.63) is 0 Å². The molecule has 0 aromatic heterocycles. The third-order valence-corrected chi connectivity index (χ3v) is 0.447. The molecule has 90 valence electrons. The molecule has 2 nitrogen and oxygen atoms in total. The van der Waals surface area contributed by atoms with Gasteiger partial charge in [-0.1, -0.05) is 43.6 Å². The molecule has 0 aromatic rings. The Morgan fingerprint density at radius 2 is 0.769 bits per heavy atom. The van der Waals surface area contributed by atoms with Crippen LogP contribution in [0.3, 0.4) is 0 Å². The van der Waals surface area contributed by atoms with Crippen molar-refractivity contribution in [3.8, 4) is 0 Å². The van der Waals surface area contributed by atoms with Gasteiger partial charge in [-0.05, 0) is 12.8 Å². The molecule has 0 aromatic carbocycles. The molecule has 0 atom stereocenters. The van der Waals surface area contributed by atoms with E-state index in [0.717, 1.165) is 12.8 Å². The summed E-state index contributed by atoms with van der Waals surface area (Å²) in [5.41, 5.74) is 0. The van der Waals surface area contributed by atoms with Gasteiger partial charge in [0.05, 0.1) is 0 Å². The summed E-state index contributed by atoms with van der Waals surface area (Å²) in [6.07, 6.45) is 1.75. The molecular weight excluding hydrogens is 336 g/mol. The van der Waals surface area contributed by atoms with Crippen molar-refractivity contribution in [2.45, 2.75) is 56.4 Å². The van der Waals surface area contributed by atoms with Crippen molar-refractivity contribution in [3.63, 3.8) is 0 Å². The second-order valence-corrected chi connectivity index (χ2v) is 1.45. The molecule has 0 unspecified atom stereocenters. The molecule has 13 heavy (non-hydrogen) atoms. The van der Waals surface area contributed by atoms with Crippen LogP contribution in [-0.2, 0) is 21.1 Å². The maximum atomic E-state index is 7.88. The molecule has 3 heteroatoms. The fraction of sp³-hybridized carbons (Fsp3) is 1.00. The van der Waals surface area contributed by atoms with Crippen molar-refractivity contribution in [1.82, 2.24) is 0 Å². The third kappa shape index (κ3) is 209. The van der Waals surface area contributed by atoms with Gasteiger partial charge >= 0.3 is 0 Å². The molecule has 0 radical (unpaired) electrons. The first-order chi connectivity index (χ1) is 3.83. The van der Waals surface area contributed by atoms with Crippen molar-refractivity contribution in [1.29, 1.82) is 0 Å². The van der Waals surface area contributed by atoms with E-state index < -0.39 is 0 Å². The van der Waals surface area contributed by atoms with E-state index in [4.69, 9.17) is 10.2 Å². The zero-order chi connectivity index (χ0) is 6.83. The van der Waals surface area contributed by atoms with Gasteiger partial charge in [0.25, 0.3) is 0 Å². The summed E-state index contributed by atoms with van der Waals surface area (Å²) in [5.74, 6) is 0. The average molecular weight is 368 g/mol. The molecule has 0 heterocycles. The molecule has 0 amide bonds. The minimum absolute atomic E-state index is 0. The van der Waals surface area contributed by atoms with Crippen LogP contribution in [-0.4, -0.2) is 23.4 Å². The number of hydrogen-bond donors (Lipinski definition) is 2. The molecule has 2 N–H and O–H groups in total. The largest absolute Gasteiger partial charge is 0.396 e. The minimum Gasteiger partial charge on any atom is -0.396 e. The summed E-state index contributed by atoms with van der Waals surface area (Å²) in [6, 6.07) is 0. The normalized spacial score (nSPS) is 4.62. The minimum atomic E-state index is 0. The first kappa shape index (κ1) is 49.5. The van der Waals surface area contributed by atoms with Gasteiger partial charge < -0.3 is 10.2 Å². The van der Waals surface area contributed by atoms with E-state index >= 15 is 0 Å². The SMILES string of the molecule is C.C.C.C.CCCO.CCCO.[W]. The molecule has 0 aliphatic heterocycles. The molecular formula is C10H32O2W. The summed E-state index contributed by atoms with van der Waals surface area (Å²) < 4.78 is 0. The Morgan fingerprint density at radius 3 is 0.769 bits per heavy atom. The molecule has 0 spiro atoms. The average Bonchev–Trinajstić information content (AvgIpc) is 1.88. The summed E-state index contributed by atoms with van der Waals surface area (Å²) >= 11 is 0. The van der Waals surface area contributed by atoms with Crippen LogP contribution < -0.4 is 0 Å². The van der Waals surface area contributed by atoms with Crippen LogP contribution in [0.1, 0.15) is 56.4 Å². The Labute approximate surface area is 101 Å². The Morgan fingerprint density at radius 1 is 0.692 bits per heavy atom. The molecule has 0 aliphatic carbocycles. The van der Waals surface area contributed by atoms with Gasteiger partial charge in [-0.25, -0.2) is 0 Å². The maximum absolute atomic E-state index is 7.88. The fourth-order valence-corrected chi connectivity index (χ4v) is 0. The Kier molecular flexibility index (Phi) is 305. The number of aliphatic hydroxyl groups excluding tert-OH is 2. The molecule has 0 rings (SSSR count). The van der Waals surface area contributed by atoms with E-state index in [1.165, 1.54) is 0 Å². The van der Waals surface area contributed by atoms with E-state index in [9.17, 15) is 0 Å². The maximum Gasteiger partial charge on any atom is 0.0428 e. The predicted octanol–water partition coefficient (Wildman–Crippen LogP) is 3.32. The van der Waals surface area contributed by atoms with Gasteiger partial charge in [0.15, 0.2) is 0 Å². The first-order valence-corrected chi connectivity index (χ1v) is 3.05. The topological polar surface area (TPSA) is 40.5 Å². The Bertz CT molecular complexity index is 20.9. The summed E-state index contributed by atoms with van der Waals surface area (Å²) in [6.45, 7) is 4.50. The predicted molar refractivity (Wildman–Crippen MR) is 61.7 cm³/mol. The van der Waals surface area contributed by atoms with Crippen molar-refractivity contribution in [2.24, 2.45) is 0 Å². The van der Waals surface area contributed by atoms with Crippen molar-refractivity contribution in [2.75, 3.05) is 13.2 Å². The van der Waals surface area contributed by atoms with Gasteiger partial charge in [0, 0.05) is 34.3 Å². The van der Waals surface area contributed by atoms with Gasteiger partial charge in [0.1, 0.15) is 0 Å². The number of aliphatic hydroxyl groups is 2. The molecule has 0 bridgehead atoms. The van der Waals surface area contributed by atoms with Crippen molar-refractivity contribution >= 4 is 0 Å². The second-order valence-electron chi connectivity index (χ2n) is 1.45. The zero-order valence-electron chi connectivity index (χ0n) is 6.13. The monoisotopic (exact) mass is 368 g/mol. The molecule has 0 saturated heterocycles. The van der Waals surface area contributed by atoms with E-state index in [0.29, 0.717) is 13.2 Å². The fourth-order valence-electron chi connectivity index (χ4n) is 0. The van der Waals surface area contributed by atoms with Gasteiger partial charge in [-0.3, -0.25) is 0 Å². The smallest absolute Gasteiger partial charge is 0.0428 e. The van der Waals surface area contributed by atoms with Crippen LogP contribution in [0.15, 0.2) is 0 Å². The van der Waals surface area contributed by atoms with E-state index in [1.807, 2.05) is 13.8 Å². The first-order valence-electron chi connectivity index (χ1n) is 3.05. The van der Waals surface area contributed by atoms with Crippen LogP contribution >= 0.6 is 0 Å². The standard InChI is InChI=1S/2C3H8O.4CH4.W/c2*1-2-3-4;;;;;/h2*4H,2-3H2,1H3;4*1H4;. The molecule has 0 fully saturated rings. The summed E-state index contributed by atoms with van der Waals surface area (Å²) in [7, 11) is 0. The van der Waals surface area contributed by atoms with E-state index in [-0.39, 0.29) is 50.8 Å². The number of rotatable bonds is 2. The van der Waals surface area contributed by atoms with Crippen LogP contribution in [0.2, 0.25) is 0 Å². The summed E-state index contributed by atoms with van der Waals surface area (Å²) in [5, 5.41) is 15.8. The Balaban J connectivity index is -0.00000000800. The second kappa shape index (κ2) is 80.0. The molecule has 0 saturated carbocycles. The van der Waals surface area contributed by atoms with Gasteiger partial charge in [-0.15, -0.1) is 0 Å². The van der Waals surface area contributed by atoms with Crippen LogP contribution in [0.25, 0.3) is 0 Å². The van der Waals surface area contributed by atoms with Crippen LogP contribution in [0.4, 0.5) is 0 Å². The third-order valence-electron chi connectivity index (χ3n) is 0.447. The van der Waals surface area contributed by atoms with E-state index in [1.54, 1.807) is 0 Å². The summed E-state index contributed by atoms with van der Waals surface area (Å²) in [4.78, 5) is 0. The molecule has 0 aliphatic rings. The van der Waals surface area contributed by atoms with Gasteiger partial charge in [-0.2, -0.15) is 0 Å². The van der Waals surface area contributed by atoms with Crippen molar-refractivity contribution < 1.29 is 31.3 Å². The Hall–Kier alpha value is 0.608. The number of hydrogen-bond acceptors (Lipinski definition) is 2. The van der Waals surface area contributed by atoms with E-state index in [2.05, 4.69) is 0 Å².